The highest BCUT2D eigenvalue weighted by molar-refractivity contribution is 6.09. The zero-order valence-corrected chi connectivity index (χ0v) is 47.5. The fraction of sp³-hybridized carbons (Fsp3) is 0.406. The summed E-state index contributed by atoms with van der Waals surface area (Å²) in [7, 11) is 3.91. The van der Waals surface area contributed by atoms with Crippen molar-refractivity contribution in [3.05, 3.63) is 145 Å². The molecule has 4 aliphatic rings. The van der Waals surface area contributed by atoms with Crippen molar-refractivity contribution in [3.63, 3.8) is 0 Å². The van der Waals surface area contributed by atoms with Crippen LogP contribution in [0.4, 0.5) is 37.7 Å². The van der Waals surface area contributed by atoms with E-state index in [1.807, 2.05) is 83.5 Å². The normalized spacial score (nSPS) is 18.6. The van der Waals surface area contributed by atoms with Crippen LogP contribution in [0.1, 0.15) is 86.2 Å². The Kier molecular flexibility index (Phi) is 14.7. The van der Waals surface area contributed by atoms with Crippen molar-refractivity contribution in [2.75, 3.05) is 62.4 Å². The van der Waals surface area contributed by atoms with Gasteiger partial charge in [-0.2, -0.15) is 0 Å². The number of piperidine rings is 2. The predicted octanol–water partition coefficient (Wildman–Crippen LogP) is 13.4. The molecule has 4 aliphatic heterocycles. The molecular formula is C64H66F6N12O2. The number of ether oxygens (including phenoxy) is 2. The van der Waals surface area contributed by atoms with Crippen LogP contribution in [0.2, 0.25) is 0 Å². The van der Waals surface area contributed by atoms with E-state index in [1.165, 1.54) is 12.1 Å². The third kappa shape index (κ3) is 10.3. The quantitative estimate of drug-likeness (QED) is 0.122. The SMILES string of the molecule is Cc1ncn(C)c1-c1cnc2c3ccc(N4CCC(F)(F)CC4)cc3n(C(c3ncccc3F)C3CCOCC3)c2c1.Cc1ncn(C)c1-c1cnc2c3ccc(N4CCC(F)(F)CC4)cc3n(C(c3ncccc3F)C3CCOCC3)c2c1. The zero-order valence-electron chi connectivity index (χ0n) is 47.5. The van der Waals surface area contributed by atoms with Gasteiger partial charge in [0, 0.05) is 150 Å². The summed E-state index contributed by atoms with van der Waals surface area (Å²) in [5.74, 6) is -5.84. The van der Waals surface area contributed by atoms with E-state index in [4.69, 9.17) is 19.4 Å². The van der Waals surface area contributed by atoms with Gasteiger partial charge in [-0.25, -0.2) is 36.3 Å². The molecule has 0 saturated carbocycles. The molecule has 4 saturated heterocycles. The molecule has 10 aromatic rings. The number of alkyl halides is 4. The molecule has 84 heavy (non-hydrogen) atoms. The first-order chi connectivity index (χ1) is 40.6. The number of halogens is 6. The van der Waals surface area contributed by atoms with Crippen LogP contribution in [0.25, 0.3) is 66.4 Å². The first kappa shape index (κ1) is 55.4. The second kappa shape index (κ2) is 22.3. The van der Waals surface area contributed by atoms with E-state index in [0.29, 0.717) is 37.8 Å². The lowest BCUT2D eigenvalue weighted by atomic mass is 9.88. The number of hydrogen-bond donors (Lipinski definition) is 0. The van der Waals surface area contributed by atoms with E-state index >= 15 is 8.78 Å². The number of nitrogens with zero attached hydrogens (tertiary/aromatic N) is 12. The third-order valence-electron chi connectivity index (χ3n) is 17.9. The summed E-state index contributed by atoms with van der Waals surface area (Å²) in [5, 5.41) is 1.86. The summed E-state index contributed by atoms with van der Waals surface area (Å²) < 4.78 is 107. The van der Waals surface area contributed by atoms with Crippen LogP contribution in [0.15, 0.2) is 110 Å². The predicted molar refractivity (Wildman–Crippen MR) is 313 cm³/mol. The molecule has 0 radical (unpaired) electrons. The standard InChI is InChI=1S/2C32H33F3N6O/c2*1-20-30(39(2)19-38-20)22-16-27-28(37-18-22)24-6-5-23(40-12-9-32(34,35)10-13-40)17-26(24)41(27)31(21-7-14-42-15-8-21)29-25(33)4-3-11-36-29/h2*3-6,11,16-19,21,31H,7-10,12-15H2,1-2H3. The number of rotatable bonds is 10. The van der Waals surface area contributed by atoms with Crippen LogP contribution in [-0.4, -0.2) is 113 Å². The van der Waals surface area contributed by atoms with Gasteiger partial charge in [0.25, 0.3) is 11.8 Å². The molecule has 0 amide bonds. The Balaban J connectivity index is 0.000000157. The number of aryl methyl sites for hydroxylation is 4. The molecule has 0 N–H and O–H groups in total. The summed E-state index contributed by atoms with van der Waals surface area (Å²) in [6.07, 6.45) is 12.9. The molecule has 2 atom stereocenters. The number of benzene rings is 2. The maximum atomic E-state index is 15.6. The Hall–Kier alpha value is -7.84. The monoisotopic (exact) mass is 1150 g/mol. The molecule has 0 aliphatic carbocycles. The molecule has 2 aromatic carbocycles. The van der Waals surface area contributed by atoms with Gasteiger partial charge in [-0.05, 0) is 124 Å². The van der Waals surface area contributed by atoms with Crippen LogP contribution >= 0.6 is 0 Å². The van der Waals surface area contributed by atoms with Crippen molar-refractivity contribution in [1.29, 1.82) is 0 Å². The maximum absolute atomic E-state index is 15.6. The Labute approximate surface area is 482 Å². The number of hydrogen-bond acceptors (Lipinski definition) is 10. The number of aromatic nitrogens is 10. The van der Waals surface area contributed by atoms with E-state index in [1.54, 1.807) is 37.2 Å². The van der Waals surface area contributed by atoms with Gasteiger partial charge in [-0.3, -0.25) is 19.9 Å². The minimum atomic E-state index is -2.63. The summed E-state index contributed by atoms with van der Waals surface area (Å²) in [6, 6.07) is 21.7. The van der Waals surface area contributed by atoms with E-state index in [9.17, 15) is 17.6 Å². The lowest BCUT2D eigenvalue weighted by molar-refractivity contribution is -0.0226. The van der Waals surface area contributed by atoms with E-state index in [2.05, 4.69) is 53.3 Å². The van der Waals surface area contributed by atoms with E-state index in [0.717, 1.165) is 115 Å². The van der Waals surface area contributed by atoms with Gasteiger partial charge >= 0.3 is 0 Å². The second-order valence-corrected chi connectivity index (χ2v) is 23.1. The van der Waals surface area contributed by atoms with Crippen molar-refractivity contribution in [3.8, 4) is 22.5 Å². The fourth-order valence-electron chi connectivity index (χ4n) is 13.5. The van der Waals surface area contributed by atoms with Crippen LogP contribution in [0.3, 0.4) is 0 Å². The molecule has 12 heterocycles. The van der Waals surface area contributed by atoms with Crippen molar-refractivity contribution < 1.29 is 35.8 Å². The summed E-state index contributed by atoms with van der Waals surface area (Å²) in [4.78, 5) is 32.1. The molecule has 20 heteroatoms. The Morgan fingerprint density at radius 3 is 1.25 bits per heavy atom. The van der Waals surface area contributed by atoms with Gasteiger partial charge in [0.15, 0.2) is 0 Å². The van der Waals surface area contributed by atoms with E-state index in [-0.39, 0.29) is 75.3 Å². The highest BCUT2D eigenvalue weighted by atomic mass is 19.3. The molecule has 0 spiro atoms. The van der Waals surface area contributed by atoms with Crippen molar-refractivity contribution >= 4 is 55.2 Å². The molecule has 8 aromatic heterocycles. The first-order valence-electron chi connectivity index (χ1n) is 29.1. The largest absolute Gasteiger partial charge is 0.381 e. The van der Waals surface area contributed by atoms with E-state index < -0.39 is 23.9 Å². The highest BCUT2D eigenvalue weighted by Gasteiger charge is 2.38. The molecule has 436 valence electrons. The average Bonchev–Trinajstić information content (AvgIpc) is 2.21. The lowest BCUT2D eigenvalue weighted by Gasteiger charge is -2.34. The van der Waals surface area contributed by atoms with Gasteiger partial charge in [0.2, 0.25) is 0 Å². The van der Waals surface area contributed by atoms with Gasteiger partial charge in [0.1, 0.15) is 11.6 Å². The van der Waals surface area contributed by atoms with Crippen molar-refractivity contribution in [1.82, 2.24) is 48.2 Å². The first-order valence-corrected chi connectivity index (χ1v) is 29.1. The lowest BCUT2D eigenvalue weighted by Crippen LogP contribution is -2.39. The molecule has 14 nitrogen and oxygen atoms in total. The van der Waals surface area contributed by atoms with Crippen molar-refractivity contribution in [2.45, 2.75) is 89.1 Å². The number of fused-ring (bicyclic) bond motifs is 6. The van der Waals surface area contributed by atoms with Crippen LogP contribution in [-0.2, 0) is 23.6 Å². The molecule has 0 bridgehead atoms. The Morgan fingerprint density at radius 1 is 0.500 bits per heavy atom. The van der Waals surface area contributed by atoms with Gasteiger partial charge in [-0.15, -0.1) is 0 Å². The average molecular weight is 1150 g/mol. The molecule has 14 rings (SSSR count). The zero-order chi connectivity index (χ0) is 58.0. The Bertz CT molecular complexity index is 3750. The summed E-state index contributed by atoms with van der Waals surface area (Å²) in [6.45, 7) is 7.43. The topological polar surface area (TPSA) is 122 Å². The number of pyridine rings is 4. The molecule has 4 fully saturated rings. The van der Waals surface area contributed by atoms with Gasteiger partial charge in [-0.1, -0.05) is 0 Å². The molecular weight excluding hydrogens is 1080 g/mol. The number of imidazole rings is 2. The Morgan fingerprint density at radius 2 is 0.893 bits per heavy atom. The third-order valence-corrected chi connectivity index (χ3v) is 17.9. The maximum Gasteiger partial charge on any atom is 0.251 e. The molecule has 2 unspecified atom stereocenters. The van der Waals surface area contributed by atoms with Crippen LogP contribution in [0, 0.1) is 37.3 Å². The summed E-state index contributed by atoms with van der Waals surface area (Å²) >= 11 is 0. The van der Waals surface area contributed by atoms with Gasteiger partial charge < -0.3 is 37.5 Å². The smallest absolute Gasteiger partial charge is 0.251 e. The number of anilines is 2. The second-order valence-electron chi connectivity index (χ2n) is 23.1. The van der Waals surface area contributed by atoms with Crippen molar-refractivity contribution in [2.24, 2.45) is 25.9 Å². The van der Waals surface area contributed by atoms with Crippen LogP contribution in [0.5, 0.6) is 0 Å². The summed E-state index contributed by atoms with van der Waals surface area (Å²) in [5.41, 5.74) is 13.1. The minimum Gasteiger partial charge on any atom is -0.381 e. The van der Waals surface area contributed by atoms with Crippen LogP contribution < -0.4 is 9.80 Å². The fourth-order valence-corrected chi connectivity index (χ4v) is 13.5. The van der Waals surface area contributed by atoms with Gasteiger partial charge in [0.05, 0.1) is 92.0 Å². The highest BCUT2D eigenvalue weighted by Crippen LogP contribution is 2.46. The minimum absolute atomic E-state index is 0.0707.